The quantitative estimate of drug-likeness (QED) is 0.813. The fourth-order valence-corrected chi connectivity index (χ4v) is 4.51. The number of aromatic nitrogens is 2. The Morgan fingerprint density at radius 2 is 2.12 bits per heavy atom. The van der Waals surface area contributed by atoms with Crippen LogP contribution in [-0.2, 0) is 16.1 Å². The van der Waals surface area contributed by atoms with E-state index in [1.807, 2.05) is 17.9 Å². The fraction of sp³-hybridized carbons (Fsp3) is 0.750. The summed E-state index contributed by atoms with van der Waals surface area (Å²) in [5.74, 6) is 0.306. The van der Waals surface area contributed by atoms with Crippen molar-refractivity contribution in [3.8, 4) is 0 Å². The van der Waals surface area contributed by atoms with Gasteiger partial charge in [0.25, 0.3) is 0 Å². The third-order valence-corrected chi connectivity index (χ3v) is 6.09. The molecule has 6 heteroatoms. The Morgan fingerprint density at radius 1 is 1.35 bits per heavy atom. The molecular weight excluding hydrogens is 328 g/mol. The molecule has 6 nitrogen and oxygen atoms in total. The molecule has 2 aliphatic rings. The van der Waals surface area contributed by atoms with Crippen LogP contribution in [0.25, 0.3) is 0 Å². The molecule has 3 rings (SSSR count). The summed E-state index contributed by atoms with van der Waals surface area (Å²) in [6, 6.07) is 1.95. The molecule has 1 aliphatic carbocycles. The summed E-state index contributed by atoms with van der Waals surface area (Å²) < 4.78 is 1.70. The molecule has 1 aromatic rings. The molecule has 1 N–H and O–H groups in total. The van der Waals surface area contributed by atoms with Crippen LogP contribution < -0.4 is 5.32 Å². The van der Waals surface area contributed by atoms with Gasteiger partial charge >= 0.3 is 0 Å². The van der Waals surface area contributed by atoms with E-state index in [-0.39, 0.29) is 23.9 Å². The predicted molar refractivity (Wildman–Crippen MR) is 101 cm³/mol. The van der Waals surface area contributed by atoms with Crippen molar-refractivity contribution in [2.75, 3.05) is 13.1 Å². The molecule has 0 bridgehead atoms. The van der Waals surface area contributed by atoms with Crippen molar-refractivity contribution < 1.29 is 9.59 Å². The van der Waals surface area contributed by atoms with E-state index in [1.54, 1.807) is 10.9 Å². The number of nitrogens with one attached hydrogen (secondary N) is 1. The summed E-state index contributed by atoms with van der Waals surface area (Å²) in [7, 11) is 0. The number of hydrogen-bond donors (Lipinski definition) is 1. The molecular formula is C20H32N4O2. The Balaban J connectivity index is 1.53. The van der Waals surface area contributed by atoms with Crippen LogP contribution in [0.5, 0.6) is 0 Å². The fourth-order valence-electron chi connectivity index (χ4n) is 4.51. The van der Waals surface area contributed by atoms with Gasteiger partial charge in [0, 0.05) is 36.4 Å². The monoisotopic (exact) mass is 360 g/mol. The summed E-state index contributed by atoms with van der Waals surface area (Å²) in [6.07, 6.45) is 10.3. The normalized spacial score (nSPS) is 21.9. The van der Waals surface area contributed by atoms with E-state index >= 15 is 0 Å². The van der Waals surface area contributed by atoms with E-state index < -0.39 is 0 Å². The van der Waals surface area contributed by atoms with Gasteiger partial charge in [-0.15, -0.1) is 0 Å². The lowest BCUT2D eigenvalue weighted by atomic mass is 9.79. The van der Waals surface area contributed by atoms with Crippen molar-refractivity contribution >= 4 is 11.8 Å². The Bertz CT molecular complexity index is 634. The van der Waals surface area contributed by atoms with Crippen molar-refractivity contribution in [3.05, 3.63) is 18.0 Å². The summed E-state index contributed by atoms with van der Waals surface area (Å²) in [6.45, 7) is 5.78. The van der Waals surface area contributed by atoms with E-state index in [0.717, 1.165) is 50.8 Å². The largest absolute Gasteiger partial charge is 0.350 e. The number of nitrogens with zero attached hydrogens (tertiary/aromatic N) is 3. The number of likely N-dealkylation sites (tertiary alicyclic amines) is 1. The highest BCUT2D eigenvalue weighted by molar-refractivity contribution is 5.83. The number of hydrogen-bond acceptors (Lipinski definition) is 3. The number of carbonyl (C=O) groups excluding carboxylic acids is 2. The Kier molecular flexibility index (Phi) is 5.99. The highest BCUT2D eigenvalue weighted by Crippen LogP contribution is 2.44. The van der Waals surface area contributed by atoms with Crippen molar-refractivity contribution in [2.45, 2.75) is 77.8 Å². The van der Waals surface area contributed by atoms with Crippen molar-refractivity contribution in [1.29, 1.82) is 0 Å². The highest BCUT2D eigenvalue weighted by Gasteiger charge is 2.44. The summed E-state index contributed by atoms with van der Waals surface area (Å²) >= 11 is 0. The Labute approximate surface area is 156 Å². The second-order valence-electron chi connectivity index (χ2n) is 8.03. The number of unbranched alkanes of at least 4 members (excludes halogenated alkanes) is 1. The van der Waals surface area contributed by atoms with Crippen LogP contribution in [0.15, 0.2) is 12.3 Å². The second-order valence-corrected chi connectivity index (χ2v) is 8.03. The molecule has 2 amide bonds. The van der Waals surface area contributed by atoms with Gasteiger partial charge in [0.15, 0.2) is 0 Å². The van der Waals surface area contributed by atoms with Crippen molar-refractivity contribution in [1.82, 2.24) is 20.0 Å². The average molecular weight is 361 g/mol. The maximum atomic E-state index is 13.2. The van der Waals surface area contributed by atoms with E-state index in [0.29, 0.717) is 12.5 Å². The van der Waals surface area contributed by atoms with E-state index in [9.17, 15) is 9.59 Å². The molecule has 0 aromatic carbocycles. The van der Waals surface area contributed by atoms with Crippen LogP contribution in [0.1, 0.15) is 64.0 Å². The maximum absolute atomic E-state index is 13.2. The van der Waals surface area contributed by atoms with Crippen molar-refractivity contribution in [2.24, 2.45) is 5.41 Å². The highest BCUT2D eigenvalue weighted by atomic mass is 16.2. The zero-order valence-corrected chi connectivity index (χ0v) is 16.2. The van der Waals surface area contributed by atoms with Gasteiger partial charge in [-0.05, 0) is 38.7 Å². The molecule has 1 aliphatic heterocycles. The summed E-state index contributed by atoms with van der Waals surface area (Å²) in [5, 5.41) is 7.24. The zero-order chi connectivity index (χ0) is 18.6. The van der Waals surface area contributed by atoms with Crippen LogP contribution in [0.4, 0.5) is 0 Å². The molecule has 1 saturated heterocycles. The van der Waals surface area contributed by atoms with Gasteiger partial charge in [-0.3, -0.25) is 14.3 Å². The van der Waals surface area contributed by atoms with Gasteiger partial charge in [-0.1, -0.05) is 32.6 Å². The Hall–Kier alpha value is -1.85. The van der Waals surface area contributed by atoms with Crippen LogP contribution in [0.2, 0.25) is 0 Å². The summed E-state index contributed by atoms with van der Waals surface area (Å²) in [4.78, 5) is 27.5. The molecule has 1 atom stereocenters. The molecule has 0 spiro atoms. The first-order chi connectivity index (χ1) is 12.5. The maximum Gasteiger partial charge on any atom is 0.242 e. The Morgan fingerprint density at radius 3 is 2.77 bits per heavy atom. The van der Waals surface area contributed by atoms with Crippen LogP contribution >= 0.6 is 0 Å². The van der Waals surface area contributed by atoms with Gasteiger partial charge in [0.1, 0.15) is 6.54 Å². The zero-order valence-electron chi connectivity index (χ0n) is 16.2. The average Bonchev–Trinajstić information content (AvgIpc) is 3.35. The lowest BCUT2D eigenvalue weighted by molar-refractivity contribution is -0.141. The first-order valence-corrected chi connectivity index (χ1v) is 10.1. The van der Waals surface area contributed by atoms with Gasteiger partial charge < -0.3 is 10.2 Å². The minimum atomic E-state index is -0.124. The smallest absolute Gasteiger partial charge is 0.242 e. The van der Waals surface area contributed by atoms with E-state index in [4.69, 9.17) is 0 Å². The molecule has 1 aromatic heterocycles. The molecule has 0 radical (unpaired) electrons. The molecule has 26 heavy (non-hydrogen) atoms. The standard InChI is InChI=1S/C20H32N4O2/c1-3-4-9-20(10-5-6-11-20)19(26)23-13-8-17(14-23)22-18(25)15-24-16(2)7-12-21-24/h7,12,17H,3-6,8-11,13-15H2,1-2H3,(H,22,25)/t17-/m0/s1. The lowest BCUT2D eigenvalue weighted by Gasteiger charge is -2.32. The predicted octanol–water partition coefficient (Wildman–Crippen LogP) is 2.66. The van der Waals surface area contributed by atoms with Gasteiger partial charge in [-0.25, -0.2) is 0 Å². The molecule has 0 unspecified atom stereocenters. The molecule has 144 valence electrons. The topological polar surface area (TPSA) is 67.2 Å². The minimum Gasteiger partial charge on any atom is -0.350 e. The number of carbonyl (C=O) groups is 2. The number of amides is 2. The number of rotatable bonds is 7. The van der Waals surface area contributed by atoms with Gasteiger partial charge in [0.2, 0.25) is 11.8 Å². The van der Waals surface area contributed by atoms with Gasteiger partial charge in [0.05, 0.1) is 0 Å². The van der Waals surface area contributed by atoms with Crippen LogP contribution in [0.3, 0.4) is 0 Å². The third kappa shape index (κ3) is 4.10. The summed E-state index contributed by atoms with van der Waals surface area (Å²) in [5.41, 5.74) is 0.851. The molecule has 2 heterocycles. The first-order valence-electron chi connectivity index (χ1n) is 10.1. The third-order valence-electron chi connectivity index (χ3n) is 6.09. The molecule has 1 saturated carbocycles. The van der Waals surface area contributed by atoms with E-state index in [1.165, 1.54) is 12.8 Å². The van der Waals surface area contributed by atoms with Crippen LogP contribution in [0, 0.1) is 12.3 Å². The van der Waals surface area contributed by atoms with Gasteiger partial charge in [-0.2, -0.15) is 5.10 Å². The number of aryl methyl sites for hydroxylation is 1. The van der Waals surface area contributed by atoms with Crippen molar-refractivity contribution in [3.63, 3.8) is 0 Å². The van der Waals surface area contributed by atoms with E-state index in [2.05, 4.69) is 17.3 Å². The molecule has 2 fully saturated rings. The van der Waals surface area contributed by atoms with Crippen LogP contribution in [-0.4, -0.2) is 45.6 Å². The second kappa shape index (κ2) is 8.23. The SMILES string of the molecule is CCCCC1(C(=O)N2CC[C@H](NC(=O)Cn3nccc3C)C2)CCCC1. The lowest BCUT2D eigenvalue weighted by Crippen LogP contribution is -2.44. The minimum absolute atomic E-state index is 0.0299. The first kappa shape index (κ1) is 18.9.